The Kier molecular flexibility index (Phi) is 7.12. The average molecular weight is 396 g/mol. The molecule has 3 amide bonds. The summed E-state index contributed by atoms with van der Waals surface area (Å²) in [7, 11) is 1.72. The summed E-state index contributed by atoms with van der Waals surface area (Å²) >= 11 is 0. The van der Waals surface area contributed by atoms with Gasteiger partial charge in [-0.3, -0.25) is 19.3 Å². The predicted octanol–water partition coefficient (Wildman–Crippen LogP) is 2.61. The number of nitrogens with one attached hydrogen (secondary N) is 2. The van der Waals surface area contributed by atoms with E-state index in [1.54, 1.807) is 43.1 Å². The van der Waals surface area contributed by atoms with Gasteiger partial charge in [-0.2, -0.15) is 0 Å². The van der Waals surface area contributed by atoms with Crippen LogP contribution in [0.2, 0.25) is 0 Å². The molecule has 0 saturated carbocycles. The van der Waals surface area contributed by atoms with Gasteiger partial charge in [0.05, 0.1) is 12.6 Å². The third kappa shape index (κ3) is 5.89. The number of aryl methyl sites for hydroxylation is 3. The Labute approximate surface area is 171 Å². The Bertz CT molecular complexity index is 899. The largest absolute Gasteiger partial charge is 0.366 e. The Hall–Kier alpha value is -3.19. The molecule has 0 aromatic heterocycles. The lowest BCUT2D eigenvalue weighted by Gasteiger charge is -2.24. The summed E-state index contributed by atoms with van der Waals surface area (Å²) in [6.45, 7) is 7.73. The molecule has 2 aromatic rings. The van der Waals surface area contributed by atoms with Gasteiger partial charge in [-0.25, -0.2) is 0 Å². The van der Waals surface area contributed by atoms with Gasteiger partial charge in [0.15, 0.2) is 0 Å². The van der Waals surface area contributed by atoms with Crippen molar-refractivity contribution in [2.75, 3.05) is 24.2 Å². The molecule has 1 atom stereocenters. The third-order valence-electron chi connectivity index (χ3n) is 4.81. The number of amides is 3. The molecular formula is C22H28N4O3. The first-order valence-electron chi connectivity index (χ1n) is 9.37. The van der Waals surface area contributed by atoms with Gasteiger partial charge in [0.2, 0.25) is 17.7 Å². The van der Waals surface area contributed by atoms with Gasteiger partial charge in [0.1, 0.15) is 0 Å². The molecule has 2 aromatic carbocycles. The van der Waals surface area contributed by atoms with Crippen molar-refractivity contribution in [2.24, 2.45) is 5.73 Å². The van der Waals surface area contributed by atoms with Gasteiger partial charge in [-0.1, -0.05) is 17.7 Å². The number of nitrogens with zero attached hydrogens (tertiary/aromatic N) is 1. The molecule has 0 aliphatic rings. The number of hydrogen-bond donors (Lipinski definition) is 3. The minimum atomic E-state index is -0.531. The van der Waals surface area contributed by atoms with Crippen LogP contribution < -0.4 is 16.4 Å². The molecule has 0 bridgehead atoms. The lowest BCUT2D eigenvalue weighted by molar-refractivity contribution is -0.122. The van der Waals surface area contributed by atoms with Crippen molar-refractivity contribution in [2.45, 2.75) is 33.7 Å². The fourth-order valence-corrected chi connectivity index (χ4v) is 3.08. The number of hydrogen-bond acceptors (Lipinski definition) is 4. The van der Waals surface area contributed by atoms with Crippen LogP contribution in [0.15, 0.2) is 36.4 Å². The van der Waals surface area contributed by atoms with Gasteiger partial charge < -0.3 is 16.4 Å². The summed E-state index contributed by atoms with van der Waals surface area (Å²) < 4.78 is 0. The van der Waals surface area contributed by atoms with Crippen LogP contribution >= 0.6 is 0 Å². The molecule has 0 saturated heterocycles. The van der Waals surface area contributed by atoms with Crippen LogP contribution in [-0.4, -0.2) is 42.3 Å². The molecule has 0 aliphatic heterocycles. The van der Waals surface area contributed by atoms with Gasteiger partial charge in [-0.15, -0.1) is 0 Å². The molecule has 4 N–H and O–H groups in total. The zero-order chi connectivity index (χ0) is 21.7. The molecule has 2 rings (SSSR count). The van der Waals surface area contributed by atoms with Crippen molar-refractivity contribution >= 4 is 29.1 Å². The Morgan fingerprint density at radius 3 is 2.07 bits per heavy atom. The van der Waals surface area contributed by atoms with Crippen molar-refractivity contribution in [3.8, 4) is 0 Å². The smallest absolute Gasteiger partial charge is 0.248 e. The Balaban J connectivity index is 1.95. The van der Waals surface area contributed by atoms with E-state index < -0.39 is 11.9 Å². The summed E-state index contributed by atoms with van der Waals surface area (Å²) in [5.74, 6) is -0.969. The molecule has 0 heterocycles. The highest BCUT2D eigenvalue weighted by molar-refractivity contribution is 5.97. The fourth-order valence-electron chi connectivity index (χ4n) is 3.08. The van der Waals surface area contributed by atoms with E-state index in [0.29, 0.717) is 11.3 Å². The van der Waals surface area contributed by atoms with Gasteiger partial charge in [0.25, 0.3) is 0 Å². The van der Waals surface area contributed by atoms with E-state index in [9.17, 15) is 14.4 Å². The van der Waals surface area contributed by atoms with Crippen molar-refractivity contribution in [3.63, 3.8) is 0 Å². The van der Waals surface area contributed by atoms with Crippen molar-refractivity contribution in [1.82, 2.24) is 4.90 Å². The van der Waals surface area contributed by atoms with Gasteiger partial charge >= 0.3 is 0 Å². The van der Waals surface area contributed by atoms with Gasteiger partial charge in [0, 0.05) is 16.9 Å². The molecule has 0 fully saturated rings. The summed E-state index contributed by atoms with van der Waals surface area (Å²) in [5.41, 5.74) is 10.1. The second-order valence-electron chi connectivity index (χ2n) is 7.34. The number of anilines is 2. The molecule has 0 spiro atoms. The lowest BCUT2D eigenvalue weighted by Crippen LogP contribution is -2.43. The number of carbonyl (C=O) groups is 3. The Morgan fingerprint density at radius 1 is 1.00 bits per heavy atom. The van der Waals surface area contributed by atoms with Crippen LogP contribution in [0.5, 0.6) is 0 Å². The molecule has 0 aliphatic carbocycles. The van der Waals surface area contributed by atoms with E-state index >= 15 is 0 Å². The second-order valence-corrected chi connectivity index (χ2v) is 7.34. The van der Waals surface area contributed by atoms with E-state index in [2.05, 4.69) is 10.6 Å². The molecule has 0 radical (unpaired) electrons. The SMILES string of the molecule is Cc1cc(C)c(NC(=O)CN(C)[C@H](C)C(=O)Nc2ccc(C(N)=O)cc2)c(C)c1. The standard InChI is InChI=1S/C22H28N4O3/c1-13-10-14(2)20(15(3)11-13)25-19(27)12-26(5)16(4)22(29)24-18-8-6-17(7-9-18)21(23)28/h6-11,16H,12H2,1-5H3,(H2,23,28)(H,24,29)(H,25,27)/t16-/m1/s1. The monoisotopic (exact) mass is 396 g/mol. The summed E-state index contributed by atoms with van der Waals surface area (Å²) in [5, 5.41) is 5.71. The molecule has 29 heavy (non-hydrogen) atoms. The number of nitrogens with two attached hydrogens (primary N) is 1. The first kappa shape index (κ1) is 22.1. The van der Waals surface area contributed by atoms with Crippen LogP contribution in [0.1, 0.15) is 34.0 Å². The highest BCUT2D eigenvalue weighted by atomic mass is 16.2. The maximum absolute atomic E-state index is 12.5. The highest BCUT2D eigenvalue weighted by Gasteiger charge is 2.21. The zero-order valence-electron chi connectivity index (χ0n) is 17.5. The van der Waals surface area contributed by atoms with Crippen molar-refractivity contribution in [1.29, 1.82) is 0 Å². The summed E-state index contributed by atoms with van der Waals surface area (Å²) in [4.78, 5) is 37.7. The molecule has 0 unspecified atom stereocenters. The number of carbonyl (C=O) groups excluding carboxylic acids is 3. The topological polar surface area (TPSA) is 105 Å². The number of rotatable bonds is 7. The molecule has 7 heteroatoms. The molecule has 7 nitrogen and oxygen atoms in total. The lowest BCUT2D eigenvalue weighted by atomic mass is 10.1. The van der Waals surface area contributed by atoms with Crippen LogP contribution in [-0.2, 0) is 9.59 Å². The van der Waals surface area contributed by atoms with Gasteiger partial charge in [-0.05, 0) is 70.1 Å². The van der Waals surface area contributed by atoms with Crippen molar-refractivity contribution < 1.29 is 14.4 Å². The highest BCUT2D eigenvalue weighted by Crippen LogP contribution is 2.22. The minimum absolute atomic E-state index is 0.0714. The van der Waals surface area contributed by atoms with E-state index in [1.165, 1.54) is 0 Å². The average Bonchev–Trinajstić information content (AvgIpc) is 2.64. The maximum atomic E-state index is 12.5. The van der Waals surface area contributed by atoms with E-state index in [-0.39, 0.29) is 18.4 Å². The quantitative estimate of drug-likeness (QED) is 0.669. The first-order valence-corrected chi connectivity index (χ1v) is 9.37. The minimum Gasteiger partial charge on any atom is -0.366 e. The van der Waals surface area contributed by atoms with E-state index in [1.807, 2.05) is 32.9 Å². The molecule has 154 valence electrons. The Morgan fingerprint density at radius 2 is 1.55 bits per heavy atom. The maximum Gasteiger partial charge on any atom is 0.248 e. The predicted molar refractivity (Wildman–Crippen MR) is 115 cm³/mol. The number of likely N-dealkylation sites (N-methyl/N-ethyl adjacent to an activating group) is 1. The van der Waals surface area contributed by atoms with E-state index in [4.69, 9.17) is 5.73 Å². The van der Waals surface area contributed by atoms with Crippen LogP contribution in [0.4, 0.5) is 11.4 Å². The van der Waals surface area contributed by atoms with Crippen LogP contribution in [0, 0.1) is 20.8 Å². The first-order chi connectivity index (χ1) is 13.6. The molecular weight excluding hydrogens is 368 g/mol. The third-order valence-corrected chi connectivity index (χ3v) is 4.81. The number of primary amides is 1. The summed E-state index contributed by atoms with van der Waals surface area (Å²) in [6.07, 6.45) is 0. The van der Waals surface area contributed by atoms with E-state index in [0.717, 1.165) is 22.4 Å². The number of benzene rings is 2. The van der Waals surface area contributed by atoms with Crippen molar-refractivity contribution in [3.05, 3.63) is 58.7 Å². The summed E-state index contributed by atoms with van der Waals surface area (Å²) in [6, 6.07) is 9.83. The van der Waals surface area contributed by atoms with Crippen LogP contribution in [0.3, 0.4) is 0 Å². The normalized spacial score (nSPS) is 11.8. The second kappa shape index (κ2) is 9.34. The van der Waals surface area contributed by atoms with Crippen LogP contribution in [0.25, 0.3) is 0 Å². The fraction of sp³-hybridized carbons (Fsp3) is 0.318. The zero-order valence-corrected chi connectivity index (χ0v) is 17.5.